The Bertz CT molecular complexity index is 321. The molecular formula is C15H22NO. The van der Waals surface area contributed by atoms with E-state index in [1.807, 2.05) is 0 Å². The van der Waals surface area contributed by atoms with Gasteiger partial charge in [0, 0.05) is 12.1 Å². The second-order valence-corrected chi connectivity index (χ2v) is 4.42. The topological polar surface area (TPSA) is 29.1 Å². The lowest BCUT2D eigenvalue weighted by atomic mass is 9.99. The molecule has 1 amide bonds. The van der Waals surface area contributed by atoms with Crippen molar-refractivity contribution in [3.05, 3.63) is 35.9 Å². The van der Waals surface area contributed by atoms with E-state index in [9.17, 15) is 4.79 Å². The Hall–Kier alpha value is -1.31. The standard InChI is InChI=1S/C15H22NO/c1-3-5-9-13(4-2)12-16-15(17)14-10-7-6-8-11-14/h7-8,10-11,13H,3-5,9,12H2,1-2H3,(H,16,17). The van der Waals surface area contributed by atoms with Gasteiger partial charge in [-0.05, 0) is 30.5 Å². The maximum Gasteiger partial charge on any atom is 0.251 e. The third-order valence-electron chi connectivity index (χ3n) is 3.07. The van der Waals surface area contributed by atoms with Crippen molar-refractivity contribution in [1.82, 2.24) is 5.32 Å². The highest BCUT2D eigenvalue weighted by atomic mass is 16.1. The van der Waals surface area contributed by atoms with Crippen molar-refractivity contribution < 1.29 is 4.79 Å². The van der Waals surface area contributed by atoms with Crippen molar-refractivity contribution >= 4 is 5.91 Å². The number of benzene rings is 1. The van der Waals surface area contributed by atoms with E-state index in [0.717, 1.165) is 13.0 Å². The predicted molar refractivity (Wildman–Crippen MR) is 70.9 cm³/mol. The number of hydrogen-bond donors (Lipinski definition) is 1. The number of amides is 1. The van der Waals surface area contributed by atoms with E-state index in [1.165, 1.54) is 19.3 Å². The van der Waals surface area contributed by atoms with E-state index in [2.05, 4.69) is 25.2 Å². The molecule has 1 atom stereocenters. The van der Waals surface area contributed by atoms with Gasteiger partial charge in [0.2, 0.25) is 0 Å². The van der Waals surface area contributed by atoms with Crippen molar-refractivity contribution in [3.63, 3.8) is 0 Å². The summed E-state index contributed by atoms with van der Waals surface area (Å²) in [6.07, 6.45) is 4.80. The van der Waals surface area contributed by atoms with Gasteiger partial charge in [0.15, 0.2) is 0 Å². The van der Waals surface area contributed by atoms with Crippen LogP contribution in [0.3, 0.4) is 0 Å². The van der Waals surface area contributed by atoms with Crippen LogP contribution in [0.15, 0.2) is 24.3 Å². The van der Waals surface area contributed by atoms with E-state index in [1.54, 1.807) is 24.3 Å². The summed E-state index contributed by atoms with van der Waals surface area (Å²) in [5.41, 5.74) is 0.717. The molecule has 0 heterocycles. The van der Waals surface area contributed by atoms with Gasteiger partial charge < -0.3 is 5.32 Å². The van der Waals surface area contributed by atoms with Crippen LogP contribution in [0.5, 0.6) is 0 Å². The first-order valence-electron chi connectivity index (χ1n) is 6.52. The molecule has 0 aliphatic rings. The first-order chi connectivity index (χ1) is 8.27. The molecule has 0 spiro atoms. The molecule has 0 saturated carbocycles. The van der Waals surface area contributed by atoms with Crippen LogP contribution < -0.4 is 5.32 Å². The maximum absolute atomic E-state index is 11.8. The van der Waals surface area contributed by atoms with Crippen LogP contribution in [0.25, 0.3) is 0 Å². The average molecular weight is 232 g/mol. The number of unbranched alkanes of at least 4 members (excludes halogenated alkanes) is 1. The van der Waals surface area contributed by atoms with Gasteiger partial charge in [-0.1, -0.05) is 45.2 Å². The minimum absolute atomic E-state index is 0.0222. The minimum atomic E-state index is 0.0222. The Balaban J connectivity index is 2.36. The second-order valence-electron chi connectivity index (χ2n) is 4.42. The molecule has 1 aromatic carbocycles. The van der Waals surface area contributed by atoms with Crippen LogP contribution in [-0.4, -0.2) is 12.5 Å². The van der Waals surface area contributed by atoms with Crippen LogP contribution in [0.1, 0.15) is 49.9 Å². The third kappa shape index (κ3) is 5.03. The van der Waals surface area contributed by atoms with Gasteiger partial charge >= 0.3 is 0 Å². The molecule has 0 aliphatic carbocycles. The summed E-state index contributed by atoms with van der Waals surface area (Å²) < 4.78 is 0. The quantitative estimate of drug-likeness (QED) is 0.766. The van der Waals surface area contributed by atoms with Crippen molar-refractivity contribution in [2.45, 2.75) is 39.5 Å². The molecule has 0 fully saturated rings. The lowest BCUT2D eigenvalue weighted by Crippen LogP contribution is -2.29. The average Bonchev–Trinajstić information content (AvgIpc) is 2.39. The fourth-order valence-electron chi connectivity index (χ4n) is 1.82. The molecule has 0 aliphatic heterocycles. The van der Waals surface area contributed by atoms with Gasteiger partial charge in [0.1, 0.15) is 0 Å². The molecule has 1 N–H and O–H groups in total. The molecule has 93 valence electrons. The molecule has 1 aromatic rings. The second kappa shape index (κ2) is 7.88. The van der Waals surface area contributed by atoms with Crippen LogP contribution in [0.4, 0.5) is 0 Å². The summed E-state index contributed by atoms with van der Waals surface area (Å²) in [7, 11) is 0. The zero-order valence-corrected chi connectivity index (χ0v) is 10.8. The molecule has 0 saturated heterocycles. The molecule has 17 heavy (non-hydrogen) atoms. The SMILES string of the molecule is CCCCC(CC)CNC(=O)c1cc[c]cc1. The highest BCUT2D eigenvalue weighted by Gasteiger charge is 2.09. The van der Waals surface area contributed by atoms with Crippen molar-refractivity contribution in [2.75, 3.05) is 6.54 Å². The van der Waals surface area contributed by atoms with Gasteiger partial charge in [-0.25, -0.2) is 0 Å². The molecule has 1 radical (unpaired) electrons. The molecule has 1 rings (SSSR count). The number of nitrogens with one attached hydrogen (secondary N) is 1. The zero-order valence-electron chi connectivity index (χ0n) is 10.8. The smallest absolute Gasteiger partial charge is 0.251 e. The molecule has 2 nitrogen and oxygen atoms in total. The third-order valence-corrected chi connectivity index (χ3v) is 3.07. The summed E-state index contributed by atoms with van der Waals surface area (Å²) in [6, 6.07) is 10.0. The van der Waals surface area contributed by atoms with Gasteiger partial charge in [-0.15, -0.1) is 0 Å². The molecule has 0 aromatic heterocycles. The van der Waals surface area contributed by atoms with E-state index < -0.39 is 0 Å². The fraction of sp³-hybridized carbons (Fsp3) is 0.533. The monoisotopic (exact) mass is 232 g/mol. The Morgan fingerprint density at radius 1 is 1.35 bits per heavy atom. The van der Waals surface area contributed by atoms with Gasteiger partial charge in [-0.2, -0.15) is 0 Å². The van der Waals surface area contributed by atoms with Crippen LogP contribution in [0, 0.1) is 12.0 Å². The Morgan fingerprint density at radius 2 is 2.06 bits per heavy atom. The van der Waals surface area contributed by atoms with Crippen molar-refractivity contribution in [2.24, 2.45) is 5.92 Å². The largest absolute Gasteiger partial charge is 0.352 e. The zero-order chi connectivity index (χ0) is 12.5. The van der Waals surface area contributed by atoms with Gasteiger partial charge in [0.05, 0.1) is 0 Å². The number of rotatable bonds is 7. The molecular weight excluding hydrogens is 210 g/mol. The number of hydrogen-bond acceptors (Lipinski definition) is 1. The normalized spacial score (nSPS) is 12.1. The summed E-state index contributed by atoms with van der Waals surface area (Å²) in [5.74, 6) is 0.628. The molecule has 2 heteroatoms. The lowest BCUT2D eigenvalue weighted by molar-refractivity contribution is 0.0946. The lowest BCUT2D eigenvalue weighted by Gasteiger charge is -2.15. The maximum atomic E-state index is 11.8. The van der Waals surface area contributed by atoms with Gasteiger partial charge in [-0.3, -0.25) is 4.79 Å². The van der Waals surface area contributed by atoms with E-state index in [4.69, 9.17) is 0 Å². The Labute approximate surface area is 104 Å². The summed E-state index contributed by atoms with van der Waals surface area (Å²) >= 11 is 0. The molecule has 0 bridgehead atoms. The first kappa shape index (κ1) is 13.8. The minimum Gasteiger partial charge on any atom is -0.352 e. The van der Waals surface area contributed by atoms with E-state index in [0.29, 0.717) is 11.5 Å². The number of carbonyl (C=O) groups excluding carboxylic acids is 1. The fourth-order valence-corrected chi connectivity index (χ4v) is 1.82. The highest BCUT2D eigenvalue weighted by Crippen LogP contribution is 2.11. The van der Waals surface area contributed by atoms with Crippen LogP contribution in [0.2, 0.25) is 0 Å². The van der Waals surface area contributed by atoms with E-state index >= 15 is 0 Å². The summed E-state index contributed by atoms with van der Waals surface area (Å²) in [5, 5.41) is 3.01. The van der Waals surface area contributed by atoms with Crippen molar-refractivity contribution in [3.8, 4) is 0 Å². The first-order valence-corrected chi connectivity index (χ1v) is 6.52. The van der Waals surface area contributed by atoms with Crippen molar-refractivity contribution in [1.29, 1.82) is 0 Å². The van der Waals surface area contributed by atoms with Gasteiger partial charge in [0.25, 0.3) is 5.91 Å². The predicted octanol–water partition coefficient (Wildman–Crippen LogP) is 3.43. The highest BCUT2D eigenvalue weighted by molar-refractivity contribution is 5.94. The molecule has 1 unspecified atom stereocenters. The van der Waals surface area contributed by atoms with Crippen LogP contribution in [-0.2, 0) is 0 Å². The summed E-state index contributed by atoms with van der Waals surface area (Å²) in [6.45, 7) is 5.17. The van der Waals surface area contributed by atoms with Crippen LogP contribution >= 0.6 is 0 Å². The Kier molecular flexibility index (Phi) is 6.38. The number of carbonyl (C=O) groups is 1. The van der Waals surface area contributed by atoms with E-state index in [-0.39, 0.29) is 5.91 Å². The Morgan fingerprint density at radius 3 is 2.65 bits per heavy atom. The summed E-state index contributed by atoms with van der Waals surface area (Å²) in [4.78, 5) is 11.8.